The summed E-state index contributed by atoms with van der Waals surface area (Å²) in [5, 5.41) is 0.648. The molecule has 2 bridgehead atoms. The SMILES string of the molecule is CCC(Oc1ccc(Cl)cc1)C(=O)OC1C[C@H]2CC[C@@H](C1)N2C. The van der Waals surface area contributed by atoms with Crippen molar-refractivity contribution in [3.8, 4) is 5.75 Å². The van der Waals surface area contributed by atoms with Gasteiger partial charge >= 0.3 is 5.97 Å². The number of esters is 1. The molecule has 0 spiro atoms. The van der Waals surface area contributed by atoms with E-state index < -0.39 is 6.10 Å². The number of carbonyl (C=O) groups is 1. The monoisotopic (exact) mass is 337 g/mol. The van der Waals surface area contributed by atoms with Crippen LogP contribution >= 0.6 is 11.6 Å². The van der Waals surface area contributed by atoms with E-state index in [1.807, 2.05) is 6.92 Å². The summed E-state index contributed by atoms with van der Waals surface area (Å²) in [5.41, 5.74) is 0. The molecule has 3 rings (SSSR count). The zero-order valence-electron chi connectivity index (χ0n) is 13.7. The highest BCUT2D eigenvalue weighted by atomic mass is 35.5. The molecule has 0 aliphatic carbocycles. The van der Waals surface area contributed by atoms with E-state index in [-0.39, 0.29) is 12.1 Å². The fourth-order valence-electron chi connectivity index (χ4n) is 3.67. The second-order valence-electron chi connectivity index (χ2n) is 6.55. The second kappa shape index (κ2) is 7.10. The molecule has 2 heterocycles. The maximum absolute atomic E-state index is 12.4. The summed E-state index contributed by atoms with van der Waals surface area (Å²) in [5.74, 6) is 0.387. The third-order valence-electron chi connectivity index (χ3n) is 5.06. The Bertz CT molecular complexity index is 534. The Morgan fingerprint density at radius 1 is 1.26 bits per heavy atom. The molecule has 1 aromatic carbocycles. The third kappa shape index (κ3) is 3.81. The Kier molecular flexibility index (Phi) is 5.12. The number of benzene rings is 1. The number of halogens is 1. The number of carbonyl (C=O) groups excluding carboxylic acids is 1. The molecule has 0 amide bonds. The van der Waals surface area contributed by atoms with E-state index in [0.717, 1.165) is 12.8 Å². The molecule has 2 saturated heterocycles. The van der Waals surface area contributed by atoms with Gasteiger partial charge in [0.15, 0.2) is 6.10 Å². The Labute approximate surface area is 142 Å². The normalized spacial score (nSPS) is 28.4. The minimum atomic E-state index is -0.562. The van der Waals surface area contributed by atoms with Crippen molar-refractivity contribution in [3.05, 3.63) is 29.3 Å². The lowest BCUT2D eigenvalue weighted by atomic mass is 10.0. The van der Waals surface area contributed by atoms with Gasteiger partial charge in [-0.25, -0.2) is 4.79 Å². The maximum Gasteiger partial charge on any atom is 0.347 e. The molecule has 2 aliphatic heterocycles. The average Bonchev–Trinajstić information content (AvgIpc) is 2.75. The lowest BCUT2D eigenvalue weighted by Crippen LogP contribution is -2.44. The molecule has 2 fully saturated rings. The van der Waals surface area contributed by atoms with Crippen molar-refractivity contribution in [2.24, 2.45) is 0 Å². The van der Waals surface area contributed by atoms with Crippen LogP contribution in [0, 0.1) is 0 Å². The summed E-state index contributed by atoms with van der Waals surface area (Å²) >= 11 is 5.87. The molecule has 0 N–H and O–H groups in total. The molecular weight excluding hydrogens is 314 g/mol. The van der Waals surface area contributed by atoms with Gasteiger partial charge in [0.25, 0.3) is 0 Å². The summed E-state index contributed by atoms with van der Waals surface area (Å²) in [4.78, 5) is 14.9. The predicted octanol–water partition coefficient (Wildman–Crippen LogP) is 3.67. The van der Waals surface area contributed by atoms with Crippen LogP contribution in [-0.2, 0) is 9.53 Å². The van der Waals surface area contributed by atoms with Crippen molar-refractivity contribution in [3.63, 3.8) is 0 Å². The topological polar surface area (TPSA) is 38.8 Å². The summed E-state index contributed by atoms with van der Waals surface area (Å²) < 4.78 is 11.5. The van der Waals surface area contributed by atoms with Gasteiger partial charge in [0.1, 0.15) is 11.9 Å². The lowest BCUT2D eigenvalue weighted by Gasteiger charge is -2.36. The highest BCUT2D eigenvalue weighted by Crippen LogP contribution is 2.35. The summed E-state index contributed by atoms with van der Waals surface area (Å²) in [7, 11) is 2.18. The molecule has 1 aromatic rings. The van der Waals surface area contributed by atoms with Gasteiger partial charge in [0, 0.05) is 17.1 Å². The first-order valence-electron chi connectivity index (χ1n) is 8.41. The van der Waals surface area contributed by atoms with Gasteiger partial charge in [0.05, 0.1) is 0 Å². The van der Waals surface area contributed by atoms with Gasteiger partial charge in [-0.3, -0.25) is 0 Å². The largest absolute Gasteiger partial charge is 0.479 e. The third-order valence-corrected chi connectivity index (χ3v) is 5.32. The molecule has 2 aliphatic rings. The van der Waals surface area contributed by atoms with Crippen LogP contribution in [0.3, 0.4) is 0 Å². The molecule has 5 heteroatoms. The van der Waals surface area contributed by atoms with Gasteiger partial charge in [-0.15, -0.1) is 0 Å². The van der Waals surface area contributed by atoms with Crippen molar-refractivity contribution in [2.45, 2.75) is 63.3 Å². The number of hydrogen-bond acceptors (Lipinski definition) is 4. The van der Waals surface area contributed by atoms with Crippen molar-refractivity contribution in [1.29, 1.82) is 0 Å². The number of piperidine rings is 1. The number of nitrogens with zero attached hydrogens (tertiary/aromatic N) is 1. The van der Waals surface area contributed by atoms with Crippen LogP contribution in [0.1, 0.15) is 39.0 Å². The Morgan fingerprint density at radius 2 is 1.87 bits per heavy atom. The van der Waals surface area contributed by atoms with E-state index in [1.165, 1.54) is 12.8 Å². The van der Waals surface area contributed by atoms with E-state index in [4.69, 9.17) is 21.1 Å². The lowest BCUT2D eigenvalue weighted by molar-refractivity contribution is -0.161. The van der Waals surface area contributed by atoms with E-state index in [0.29, 0.717) is 29.3 Å². The first-order chi connectivity index (χ1) is 11.1. The molecular formula is C18H24ClNO3. The minimum absolute atomic E-state index is 0.0269. The molecule has 0 aromatic heterocycles. The first-order valence-corrected chi connectivity index (χ1v) is 8.79. The molecule has 23 heavy (non-hydrogen) atoms. The quantitative estimate of drug-likeness (QED) is 0.768. The Hall–Kier alpha value is -1.26. The zero-order valence-corrected chi connectivity index (χ0v) is 14.5. The molecule has 2 unspecified atom stereocenters. The number of ether oxygens (including phenoxy) is 2. The Balaban J connectivity index is 1.56. The van der Waals surface area contributed by atoms with Crippen molar-refractivity contribution < 1.29 is 14.3 Å². The Morgan fingerprint density at radius 3 is 2.43 bits per heavy atom. The second-order valence-corrected chi connectivity index (χ2v) is 6.99. The summed E-state index contributed by atoms with van der Waals surface area (Å²) in [6, 6.07) is 8.17. The van der Waals surface area contributed by atoms with Crippen LogP contribution in [0.2, 0.25) is 5.02 Å². The zero-order chi connectivity index (χ0) is 16.4. The van der Waals surface area contributed by atoms with E-state index in [9.17, 15) is 4.79 Å². The molecule has 4 nitrogen and oxygen atoms in total. The highest BCUT2D eigenvalue weighted by Gasteiger charge is 2.40. The van der Waals surface area contributed by atoms with Crippen molar-refractivity contribution in [1.82, 2.24) is 4.90 Å². The highest BCUT2D eigenvalue weighted by molar-refractivity contribution is 6.30. The van der Waals surface area contributed by atoms with Crippen molar-refractivity contribution in [2.75, 3.05) is 7.05 Å². The standard InChI is InChI=1S/C18H24ClNO3/c1-3-17(22-15-8-4-12(19)5-9-15)18(21)23-16-10-13-6-7-14(11-16)20(13)2/h4-5,8-9,13-14,16-17H,3,6-7,10-11H2,1-2H3/t13-,14+,16?,17?. The smallest absolute Gasteiger partial charge is 0.347 e. The fourth-order valence-corrected chi connectivity index (χ4v) is 3.80. The minimum Gasteiger partial charge on any atom is -0.479 e. The maximum atomic E-state index is 12.4. The molecule has 126 valence electrons. The van der Waals surface area contributed by atoms with E-state index in [2.05, 4.69) is 11.9 Å². The first kappa shape index (κ1) is 16.6. The van der Waals surface area contributed by atoms with Crippen LogP contribution < -0.4 is 4.74 Å². The van der Waals surface area contributed by atoms with Crippen molar-refractivity contribution >= 4 is 17.6 Å². The average molecular weight is 338 g/mol. The molecule has 4 atom stereocenters. The van der Waals surface area contributed by atoms with Gasteiger partial charge < -0.3 is 14.4 Å². The summed E-state index contributed by atoms with van der Waals surface area (Å²) in [6.45, 7) is 1.93. The van der Waals surface area contributed by atoms with E-state index in [1.54, 1.807) is 24.3 Å². The van der Waals surface area contributed by atoms with Crippen LogP contribution in [0.5, 0.6) is 5.75 Å². The van der Waals surface area contributed by atoms with Gasteiger partial charge in [-0.1, -0.05) is 18.5 Å². The molecule has 0 radical (unpaired) electrons. The molecule has 0 saturated carbocycles. The van der Waals surface area contributed by atoms with E-state index >= 15 is 0 Å². The predicted molar refractivity (Wildman–Crippen MR) is 89.8 cm³/mol. The van der Waals surface area contributed by atoms with Gasteiger partial charge in [-0.05, 0) is 63.4 Å². The van der Waals surface area contributed by atoms with Crippen LogP contribution in [0.15, 0.2) is 24.3 Å². The number of rotatable bonds is 5. The van der Waals surface area contributed by atoms with Crippen LogP contribution in [0.25, 0.3) is 0 Å². The van der Waals surface area contributed by atoms with Gasteiger partial charge in [0.2, 0.25) is 0 Å². The number of fused-ring (bicyclic) bond motifs is 2. The van der Waals surface area contributed by atoms with Gasteiger partial charge in [-0.2, -0.15) is 0 Å². The van der Waals surface area contributed by atoms with Crippen LogP contribution in [0.4, 0.5) is 0 Å². The fraction of sp³-hybridized carbons (Fsp3) is 0.611. The number of hydrogen-bond donors (Lipinski definition) is 0. The van der Waals surface area contributed by atoms with Crippen LogP contribution in [-0.4, -0.2) is 42.2 Å². The summed E-state index contributed by atoms with van der Waals surface area (Å²) in [6.07, 6.45) is 4.36.